The number of hydrogen-bond donors (Lipinski definition) is 2. The van der Waals surface area contributed by atoms with Gasteiger partial charge in [-0.3, -0.25) is 0 Å². The molecule has 0 radical (unpaired) electrons. The van der Waals surface area contributed by atoms with E-state index < -0.39 is 0 Å². The second-order valence-corrected chi connectivity index (χ2v) is 9.23. The molecule has 1 atom stereocenters. The fourth-order valence-electron chi connectivity index (χ4n) is 2.93. The van der Waals surface area contributed by atoms with Crippen LogP contribution in [0.3, 0.4) is 0 Å². The van der Waals surface area contributed by atoms with Crippen molar-refractivity contribution in [1.82, 2.24) is 5.32 Å². The zero-order chi connectivity index (χ0) is 19.3. The molecule has 0 aliphatic carbocycles. The van der Waals surface area contributed by atoms with Crippen molar-refractivity contribution in [3.05, 3.63) is 89.5 Å². The average Bonchev–Trinajstić information content (AvgIpc) is 2.64. The maximum Gasteiger partial charge on any atom is 0.123 e. The van der Waals surface area contributed by atoms with Gasteiger partial charge in [0.2, 0.25) is 0 Å². The fraction of sp³-hybridized carbons (Fsp3) is 0.250. The van der Waals surface area contributed by atoms with Gasteiger partial charge in [0.15, 0.2) is 0 Å². The highest BCUT2D eigenvalue weighted by Gasteiger charge is 2.12. The van der Waals surface area contributed by atoms with Gasteiger partial charge in [-0.25, -0.2) is 0 Å². The summed E-state index contributed by atoms with van der Waals surface area (Å²) in [6, 6.07) is 24.9. The van der Waals surface area contributed by atoms with Gasteiger partial charge in [-0.2, -0.15) is 0 Å². The molecule has 0 amide bonds. The molecule has 3 heteroatoms. The quantitative estimate of drug-likeness (QED) is 0.620. The Morgan fingerprint density at radius 1 is 0.815 bits per heavy atom. The molecule has 0 bridgehead atoms. The van der Waals surface area contributed by atoms with Crippen LogP contribution in [-0.2, 0) is 13.0 Å². The molecule has 0 saturated heterocycles. The molecule has 2 N–H and O–H groups in total. The third-order valence-electron chi connectivity index (χ3n) is 4.41. The van der Waals surface area contributed by atoms with Crippen LogP contribution in [0.1, 0.15) is 37.5 Å². The van der Waals surface area contributed by atoms with E-state index >= 15 is 0 Å². The molecule has 2 nitrogen and oxygen atoms in total. The Balaban J connectivity index is 1.80. The first-order valence-corrected chi connectivity index (χ1v) is 10.4. The van der Waals surface area contributed by atoms with Gasteiger partial charge in [0, 0.05) is 17.4 Å². The van der Waals surface area contributed by atoms with E-state index in [0.717, 1.165) is 18.3 Å². The molecule has 27 heavy (non-hydrogen) atoms. The number of phenolic OH excluding ortho intramolecular Hbond substituents is 1. The van der Waals surface area contributed by atoms with E-state index in [4.69, 9.17) is 0 Å². The number of nitrogens with one attached hydrogen (secondary N) is 1. The van der Waals surface area contributed by atoms with Crippen molar-refractivity contribution < 1.29 is 5.11 Å². The van der Waals surface area contributed by atoms with E-state index in [1.807, 2.05) is 18.2 Å². The van der Waals surface area contributed by atoms with Crippen molar-refractivity contribution in [2.75, 3.05) is 0 Å². The summed E-state index contributed by atoms with van der Waals surface area (Å²) in [7, 11) is 0.435. The minimum Gasteiger partial charge on any atom is -0.507 e. The molecular formula is C24H28NOP. The van der Waals surface area contributed by atoms with Crippen LogP contribution in [-0.4, -0.2) is 10.6 Å². The van der Waals surface area contributed by atoms with Crippen LogP contribution in [0.15, 0.2) is 72.8 Å². The highest BCUT2D eigenvalue weighted by atomic mass is 31.1. The van der Waals surface area contributed by atoms with Crippen molar-refractivity contribution in [2.24, 2.45) is 0 Å². The molecule has 3 rings (SSSR count). The van der Waals surface area contributed by atoms with Crippen molar-refractivity contribution in [3.8, 4) is 5.75 Å². The smallest absolute Gasteiger partial charge is 0.123 e. The second-order valence-electron chi connectivity index (χ2n) is 7.90. The van der Waals surface area contributed by atoms with Crippen LogP contribution >= 0.6 is 8.58 Å². The maximum absolute atomic E-state index is 10.4. The molecule has 0 saturated carbocycles. The lowest BCUT2D eigenvalue weighted by Gasteiger charge is -2.22. The molecule has 0 aromatic heterocycles. The van der Waals surface area contributed by atoms with Gasteiger partial charge in [0.05, 0.1) is 0 Å². The zero-order valence-corrected chi connectivity index (χ0v) is 17.3. The van der Waals surface area contributed by atoms with Gasteiger partial charge in [-0.1, -0.05) is 69.2 Å². The lowest BCUT2D eigenvalue weighted by atomic mass is 10.1. The van der Waals surface area contributed by atoms with E-state index in [-0.39, 0.29) is 5.54 Å². The standard InChI is InChI=1S/C24H28NOP/c1-24(2,3)25-17-20-11-7-8-12-22(20)27-23-16-19(13-14-21(23)26)15-18-9-5-4-6-10-18/h4-14,16,25-27H,15,17H2,1-3H3. The summed E-state index contributed by atoms with van der Waals surface area (Å²) < 4.78 is 0. The van der Waals surface area contributed by atoms with E-state index in [2.05, 4.69) is 80.7 Å². The van der Waals surface area contributed by atoms with Crippen LogP contribution in [0, 0.1) is 0 Å². The highest BCUT2D eigenvalue weighted by Crippen LogP contribution is 2.22. The third kappa shape index (κ3) is 5.92. The lowest BCUT2D eigenvalue weighted by Crippen LogP contribution is -2.36. The van der Waals surface area contributed by atoms with Gasteiger partial charge < -0.3 is 10.4 Å². The van der Waals surface area contributed by atoms with Crippen molar-refractivity contribution >= 4 is 19.2 Å². The SMILES string of the molecule is CC(C)(C)NCc1ccccc1Pc1cc(Cc2ccccc2)ccc1O. The molecule has 1 unspecified atom stereocenters. The first-order valence-electron chi connectivity index (χ1n) is 9.36. The first kappa shape index (κ1) is 19.6. The topological polar surface area (TPSA) is 32.3 Å². The molecule has 140 valence electrons. The van der Waals surface area contributed by atoms with Gasteiger partial charge in [0.25, 0.3) is 0 Å². The Hall–Kier alpha value is -2.15. The Bertz CT molecular complexity index is 884. The van der Waals surface area contributed by atoms with E-state index in [0.29, 0.717) is 14.3 Å². The number of rotatable bonds is 6. The summed E-state index contributed by atoms with van der Waals surface area (Å²) in [6.45, 7) is 7.36. The predicted molar refractivity (Wildman–Crippen MR) is 118 cm³/mol. The minimum absolute atomic E-state index is 0.0773. The Morgan fingerprint density at radius 3 is 2.26 bits per heavy atom. The largest absolute Gasteiger partial charge is 0.507 e. The van der Waals surface area contributed by atoms with Crippen LogP contribution in [0.25, 0.3) is 0 Å². The molecule has 0 heterocycles. The highest BCUT2D eigenvalue weighted by molar-refractivity contribution is 7.55. The summed E-state index contributed by atoms with van der Waals surface area (Å²) in [4.78, 5) is 0. The van der Waals surface area contributed by atoms with E-state index in [1.54, 1.807) is 0 Å². The summed E-state index contributed by atoms with van der Waals surface area (Å²) in [5, 5.41) is 16.3. The molecule has 3 aromatic rings. The molecule has 0 aliphatic rings. The molecule has 0 fully saturated rings. The van der Waals surface area contributed by atoms with Crippen molar-refractivity contribution in [2.45, 2.75) is 39.3 Å². The fourth-order valence-corrected chi connectivity index (χ4v) is 4.20. The number of benzene rings is 3. The summed E-state index contributed by atoms with van der Waals surface area (Å²) in [5.74, 6) is 0.378. The van der Waals surface area contributed by atoms with Crippen LogP contribution < -0.4 is 15.9 Å². The van der Waals surface area contributed by atoms with Crippen molar-refractivity contribution in [3.63, 3.8) is 0 Å². The minimum atomic E-state index is 0.0773. The molecular weight excluding hydrogens is 349 g/mol. The maximum atomic E-state index is 10.4. The van der Waals surface area contributed by atoms with Crippen LogP contribution in [0.5, 0.6) is 5.75 Å². The Kier molecular flexibility index (Phi) is 6.31. The number of phenols is 1. The van der Waals surface area contributed by atoms with Crippen LogP contribution in [0.2, 0.25) is 0 Å². The lowest BCUT2D eigenvalue weighted by molar-refractivity contribution is 0.425. The Morgan fingerprint density at radius 2 is 1.52 bits per heavy atom. The summed E-state index contributed by atoms with van der Waals surface area (Å²) in [6.07, 6.45) is 0.881. The molecule has 0 aliphatic heterocycles. The average molecular weight is 377 g/mol. The normalized spacial score (nSPS) is 12.0. The second kappa shape index (κ2) is 8.69. The number of aromatic hydroxyl groups is 1. The zero-order valence-electron chi connectivity index (χ0n) is 16.3. The van der Waals surface area contributed by atoms with Gasteiger partial charge >= 0.3 is 0 Å². The monoisotopic (exact) mass is 377 g/mol. The van der Waals surface area contributed by atoms with Gasteiger partial charge in [-0.15, -0.1) is 0 Å². The third-order valence-corrected chi connectivity index (χ3v) is 5.83. The van der Waals surface area contributed by atoms with E-state index in [1.165, 1.54) is 22.0 Å². The Labute approximate surface area is 164 Å². The predicted octanol–water partition coefficient (Wildman–Crippen LogP) is 4.50. The van der Waals surface area contributed by atoms with Gasteiger partial charge in [-0.05, 0) is 61.3 Å². The first-order chi connectivity index (χ1) is 12.9. The number of hydrogen-bond acceptors (Lipinski definition) is 2. The molecule has 3 aromatic carbocycles. The van der Waals surface area contributed by atoms with Crippen molar-refractivity contribution in [1.29, 1.82) is 0 Å². The van der Waals surface area contributed by atoms with Crippen LogP contribution in [0.4, 0.5) is 0 Å². The summed E-state index contributed by atoms with van der Waals surface area (Å²) in [5.41, 5.74) is 3.88. The van der Waals surface area contributed by atoms with Gasteiger partial charge in [0.1, 0.15) is 5.75 Å². The molecule has 0 spiro atoms. The van der Waals surface area contributed by atoms with E-state index in [9.17, 15) is 5.11 Å². The summed E-state index contributed by atoms with van der Waals surface area (Å²) >= 11 is 0.